The van der Waals surface area contributed by atoms with Gasteiger partial charge in [0.15, 0.2) is 0 Å². The summed E-state index contributed by atoms with van der Waals surface area (Å²) in [5.41, 5.74) is 5.51. The second-order valence-electron chi connectivity index (χ2n) is 4.33. The number of hydrazine groups is 1. The minimum atomic E-state index is -0.238. The molecule has 3 N–H and O–H groups in total. The van der Waals surface area contributed by atoms with Crippen LogP contribution in [0.5, 0.6) is 0 Å². The summed E-state index contributed by atoms with van der Waals surface area (Å²) in [5, 5.41) is 0. The molecule has 0 aliphatic carbocycles. The molecule has 0 aromatic heterocycles. The summed E-state index contributed by atoms with van der Waals surface area (Å²) in [6, 6.07) is 4.77. The highest BCUT2D eigenvalue weighted by Gasteiger charge is 2.18. The zero-order chi connectivity index (χ0) is 12.3. The van der Waals surface area contributed by atoms with Crippen molar-refractivity contribution in [2.24, 2.45) is 5.84 Å². The van der Waals surface area contributed by atoms with Crippen molar-refractivity contribution in [1.82, 2.24) is 5.43 Å². The van der Waals surface area contributed by atoms with E-state index in [1.165, 1.54) is 12.1 Å². The smallest absolute Gasteiger partial charge is 0.123 e. The molecule has 0 amide bonds. The summed E-state index contributed by atoms with van der Waals surface area (Å²) in [4.78, 5) is 0. The predicted molar refractivity (Wildman–Crippen MR) is 64.5 cm³/mol. The van der Waals surface area contributed by atoms with Crippen LogP contribution in [0.2, 0.25) is 0 Å². The first-order chi connectivity index (χ1) is 8.20. The number of hydrogen-bond acceptors (Lipinski definition) is 3. The molecule has 0 spiro atoms. The monoisotopic (exact) mass is 236 g/mol. The first-order valence-corrected chi connectivity index (χ1v) is 5.74. The molecular weight excluding hydrogens is 219 g/mol. The van der Waals surface area contributed by atoms with Gasteiger partial charge in [0.1, 0.15) is 5.82 Å². The molecule has 1 aliphatic heterocycles. The summed E-state index contributed by atoms with van der Waals surface area (Å²) >= 11 is 0. The van der Waals surface area contributed by atoms with Gasteiger partial charge < -0.3 is 4.74 Å². The fourth-order valence-electron chi connectivity index (χ4n) is 2.15. The molecular formula is C13H17FN2O. The Kier molecular flexibility index (Phi) is 3.76. The van der Waals surface area contributed by atoms with Gasteiger partial charge in [-0.15, -0.1) is 0 Å². The summed E-state index contributed by atoms with van der Waals surface area (Å²) < 4.78 is 18.7. The Hall–Kier alpha value is -1.39. The highest BCUT2D eigenvalue weighted by molar-refractivity contribution is 5.32. The van der Waals surface area contributed by atoms with Crippen LogP contribution in [0.15, 0.2) is 30.0 Å². The third kappa shape index (κ3) is 2.84. The molecule has 92 valence electrons. The van der Waals surface area contributed by atoms with Crippen LogP contribution in [0.3, 0.4) is 0 Å². The molecule has 1 unspecified atom stereocenters. The second kappa shape index (κ2) is 5.29. The molecule has 0 saturated heterocycles. The lowest BCUT2D eigenvalue weighted by Gasteiger charge is -2.23. The molecule has 0 fully saturated rings. The van der Waals surface area contributed by atoms with Gasteiger partial charge in [-0.25, -0.2) is 9.82 Å². The average molecular weight is 236 g/mol. The Morgan fingerprint density at radius 3 is 2.82 bits per heavy atom. The Labute approximate surface area is 100 Å². The summed E-state index contributed by atoms with van der Waals surface area (Å²) in [5.74, 6) is 5.33. The lowest BCUT2D eigenvalue weighted by Crippen LogP contribution is -2.30. The third-order valence-corrected chi connectivity index (χ3v) is 2.90. The van der Waals surface area contributed by atoms with E-state index < -0.39 is 0 Å². The van der Waals surface area contributed by atoms with Crippen molar-refractivity contribution in [1.29, 1.82) is 0 Å². The maximum absolute atomic E-state index is 13.4. The van der Waals surface area contributed by atoms with E-state index in [1.54, 1.807) is 6.26 Å². The van der Waals surface area contributed by atoms with Gasteiger partial charge >= 0.3 is 0 Å². The van der Waals surface area contributed by atoms with E-state index in [0.717, 1.165) is 36.1 Å². The topological polar surface area (TPSA) is 47.3 Å². The molecule has 0 radical (unpaired) electrons. The van der Waals surface area contributed by atoms with E-state index >= 15 is 0 Å². The van der Waals surface area contributed by atoms with Crippen LogP contribution in [0, 0.1) is 12.7 Å². The number of hydrogen-bond donors (Lipinski definition) is 2. The normalized spacial score (nSPS) is 17.2. The summed E-state index contributed by atoms with van der Waals surface area (Å²) in [6.07, 6.45) is 3.62. The standard InChI is InChI=1S/C13H17FN2O/c1-9-5-11(7-12(14)6-9)13(16-15)10-3-2-4-17-8-10/h5-8,13,16H,2-4,15H2,1H3. The second-order valence-corrected chi connectivity index (χ2v) is 4.33. The minimum absolute atomic E-state index is 0.176. The van der Waals surface area contributed by atoms with Gasteiger partial charge in [0.25, 0.3) is 0 Å². The molecule has 1 heterocycles. The van der Waals surface area contributed by atoms with Crippen molar-refractivity contribution < 1.29 is 9.13 Å². The van der Waals surface area contributed by atoms with Gasteiger partial charge in [0.2, 0.25) is 0 Å². The van der Waals surface area contributed by atoms with Gasteiger partial charge in [-0.3, -0.25) is 5.84 Å². The molecule has 1 aromatic rings. The van der Waals surface area contributed by atoms with E-state index in [-0.39, 0.29) is 11.9 Å². The van der Waals surface area contributed by atoms with Crippen molar-refractivity contribution in [3.63, 3.8) is 0 Å². The largest absolute Gasteiger partial charge is 0.501 e. The molecule has 0 saturated carbocycles. The van der Waals surface area contributed by atoms with Gasteiger partial charge in [-0.2, -0.15) is 0 Å². The number of ether oxygens (including phenoxy) is 1. The molecule has 0 bridgehead atoms. The maximum atomic E-state index is 13.4. The van der Waals surface area contributed by atoms with Crippen LogP contribution >= 0.6 is 0 Å². The number of halogens is 1. The highest BCUT2D eigenvalue weighted by Crippen LogP contribution is 2.28. The fraction of sp³-hybridized carbons (Fsp3) is 0.385. The van der Waals surface area contributed by atoms with Crippen LogP contribution in [0.4, 0.5) is 4.39 Å². The molecule has 1 aliphatic rings. The van der Waals surface area contributed by atoms with Crippen molar-refractivity contribution >= 4 is 0 Å². The van der Waals surface area contributed by atoms with Crippen LogP contribution in [-0.2, 0) is 4.74 Å². The van der Waals surface area contributed by atoms with E-state index in [0.29, 0.717) is 0 Å². The van der Waals surface area contributed by atoms with E-state index in [1.807, 2.05) is 13.0 Å². The SMILES string of the molecule is Cc1cc(F)cc(C(NN)C2=COCCC2)c1. The number of aryl methyl sites for hydroxylation is 1. The predicted octanol–water partition coefficient (Wildman–Crippen LogP) is 2.33. The molecule has 1 atom stereocenters. The van der Waals surface area contributed by atoms with Crippen LogP contribution in [-0.4, -0.2) is 6.61 Å². The molecule has 2 rings (SSSR count). The van der Waals surface area contributed by atoms with E-state index in [4.69, 9.17) is 10.6 Å². The number of nitrogens with two attached hydrogens (primary N) is 1. The average Bonchev–Trinajstić information content (AvgIpc) is 2.30. The number of nitrogens with one attached hydrogen (secondary N) is 1. The quantitative estimate of drug-likeness (QED) is 0.625. The van der Waals surface area contributed by atoms with Crippen molar-refractivity contribution in [2.75, 3.05) is 6.61 Å². The lowest BCUT2D eigenvalue weighted by molar-refractivity contribution is 0.219. The van der Waals surface area contributed by atoms with E-state index in [2.05, 4.69) is 5.43 Å². The summed E-state index contributed by atoms with van der Waals surface area (Å²) in [7, 11) is 0. The Morgan fingerprint density at radius 2 is 2.24 bits per heavy atom. The molecule has 17 heavy (non-hydrogen) atoms. The van der Waals surface area contributed by atoms with Crippen LogP contribution in [0.1, 0.15) is 30.0 Å². The van der Waals surface area contributed by atoms with Crippen molar-refractivity contribution in [2.45, 2.75) is 25.8 Å². The maximum Gasteiger partial charge on any atom is 0.123 e. The third-order valence-electron chi connectivity index (χ3n) is 2.90. The first-order valence-electron chi connectivity index (χ1n) is 5.74. The van der Waals surface area contributed by atoms with Gasteiger partial charge in [0.05, 0.1) is 18.9 Å². The lowest BCUT2D eigenvalue weighted by atomic mass is 9.95. The van der Waals surface area contributed by atoms with Crippen LogP contribution in [0.25, 0.3) is 0 Å². The molecule has 4 heteroatoms. The minimum Gasteiger partial charge on any atom is -0.501 e. The molecule has 3 nitrogen and oxygen atoms in total. The van der Waals surface area contributed by atoms with Gasteiger partial charge in [-0.05, 0) is 48.6 Å². The number of rotatable bonds is 3. The van der Waals surface area contributed by atoms with Crippen molar-refractivity contribution in [3.05, 3.63) is 47.0 Å². The Balaban J connectivity index is 2.31. The summed E-state index contributed by atoms with van der Waals surface area (Å²) in [6.45, 7) is 2.61. The van der Waals surface area contributed by atoms with Crippen LogP contribution < -0.4 is 11.3 Å². The first kappa shape index (κ1) is 12.1. The molecule has 1 aromatic carbocycles. The van der Waals surface area contributed by atoms with Gasteiger partial charge in [0, 0.05) is 0 Å². The van der Waals surface area contributed by atoms with Crippen molar-refractivity contribution in [3.8, 4) is 0 Å². The zero-order valence-electron chi connectivity index (χ0n) is 9.87. The van der Waals surface area contributed by atoms with Gasteiger partial charge in [-0.1, -0.05) is 6.07 Å². The zero-order valence-corrected chi connectivity index (χ0v) is 9.87. The number of benzene rings is 1. The van der Waals surface area contributed by atoms with E-state index in [9.17, 15) is 4.39 Å². The Bertz CT molecular complexity index is 411. The fourth-order valence-corrected chi connectivity index (χ4v) is 2.15. The Morgan fingerprint density at radius 1 is 1.41 bits per heavy atom. The highest BCUT2D eigenvalue weighted by atomic mass is 19.1.